The summed E-state index contributed by atoms with van der Waals surface area (Å²) in [7, 11) is 0. The van der Waals surface area contributed by atoms with Crippen LogP contribution in [0.15, 0.2) is 12.2 Å². The van der Waals surface area contributed by atoms with Crippen molar-refractivity contribution in [2.24, 2.45) is 29.1 Å². The topological polar surface area (TPSA) is 145 Å². The average Bonchev–Trinajstić information content (AvgIpc) is 3.17. The lowest BCUT2D eigenvalue weighted by molar-refractivity contribution is 0.0218. The second-order valence-corrected chi connectivity index (χ2v) is 12.4. The van der Waals surface area contributed by atoms with Crippen LogP contribution in [0.25, 0.3) is 0 Å². The zero-order valence-electron chi connectivity index (χ0n) is 23.1. The van der Waals surface area contributed by atoms with E-state index >= 15 is 0 Å². The van der Waals surface area contributed by atoms with Crippen molar-refractivity contribution in [3.8, 4) is 0 Å². The van der Waals surface area contributed by atoms with Gasteiger partial charge in [0, 0.05) is 25.7 Å². The highest BCUT2D eigenvalue weighted by molar-refractivity contribution is 6.21. The average molecular weight is 540 g/mol. The Bertz CT molecular complexity index is 579. The van der Waals surface area contributed by atoms with Crippen molar-refractivity contribution in [2.75, 3.05) is 45.8 Å². The largest absolute Gasteiger partial charge is 0.412 e. The van der Waals surface area contributed by atoms with E-state index in [9.17, 15) is 0 Å². The fraction of sp³-hybridized carbons (Fsp3) is 0.929. The molecule has 0 aromatic carbocycles. The van der Waals surface area contributed by atoms with Gasteiger partial charge in [-0.2, -0.15) is 0 Å². The monoisotopic (exact) mass is 539 g/mol. The van der Waals surface area contributed by atoms with Crippen molar-refractivity contribution in [1.29, 1.82) is 0 Å². The first-order valence-electron chi connectivity index (χ1n) is 13.3. The van der Waals surface area contributed by atoms with Gasteiger partial charge in [0.1, 0.15) is 0 Å². The fourth-order valence-electron chi connectivity index (χ4n) is 6.35. The Balaban J connectivity index is -0.00000218. The summed E-state index contributed by atoms with van der Waals surface area (Å²) < 4.78 is 0. The van der Waals surface area contributed by atoms with Gasteiger partial charge in [-0.3, -0.25) is 0 Å². The van der Waals surface area contributed by atoms with Gasteiger partial charge in [-0.1, -0.05) is 60.6 Å². The third-order valence-electron chi connectivity index (χ3n) is 8.38. The summed E-state index contributed by atoms with van der Waals surface area (Å²) in [6, 6.07) is 0.601. The van der Waals surface area contributed by atoms with E-state index in [4.69, 9.17) is 11.6 Å². The molecule has 0 aromatic heterocycles. The molecule has 0 aromatic rings. The Morgan fingerprint density at radius 2 is 1.64 bits per heavy atom. The molecule has 8 heteroatoms. The first-order valence-corrected chi connectivity index (χ1v) is 13.7. The van der Waals surface area contributed by atoms with Crippen LogP contribution in [0.3, 0.4) is 0 Å². The third kappa shape index (κ3) is 11.6. The summed E-state index contributed by atoms with van der Waals surface area (Å²) >= 11 is 6.30. The van der Waals surface area contributed by atoms with Gasteiger partial charge in [-0.25, -0.2) is 0 Å². The van der Waals surface area contributed by atoms with Crippen molar-refractivity contribution >= 4 is 11.6 Å². The van der Waals surface area contributed by atoms with Crippen molar-refractivity contribution in [3.63, 3.8) is 0 Å². The minimum Gasteiger partial charge on any atom is -0.412 e. The Hall–Kier alpha value is -0.250. The van der Waals surface area contributed by atoms with Crippen LogP contribution in [0.5, 0.6) is 0 Å². The molecule has 0 amide bonds. The summed E-state index contributed by atoms with van der Waals surface area (Å²) in [5.41, 5.74) is 0.374. The molecule has 7 nitrogen and oxygen atoms in total. The van der Waals surface area contributed by atoms with E-state index in [1.807, 2.05) is 0 Å². The van der Waals surface area contributed by atoms with Gasteiger partial charge in [0.15, 0.2) is 0 Å². The number of likely N-dealkylation sites (tertiary alicyclic amines) is 2. The highest BCUT2D eigenvalue weighted by Gasteiger charge is 2.40. The molecular weight excluding hydrogens is 478 g/mol. The number of hydrogen-bond donors (Lipinski definition) is 1. The molecule has 0 spiro atoms. The van der Waals surface area contributed by atoms with E-state index in [-0.39, 0.29) is 34.7 Å². The summed E-state index contributed by atoms with van der Waals surface area (Å²) in [5.74, 6) is 3.04. The minimum absolute atomic E-state index is 0. The number of hydrogen-bond acceptors (Lipinski definition) is 3. The first-order chi connectivity index (χ1) is 14.8. The number of piperidine rings is 1. The fourth-order valence-corrected chi connectivity index (χ4v) is 6.56. The second kappa shape index (κ2) is 18.9. The van der Waals surface area contributed by atoms with E-state index in [0.29, 0.717) is 17.4 Å². The lowest BCUT2D eigenvalue weighted by atomic mass is 9.65. The maximum Gasteiger partial charge on any atom is 0.0516 e. The molecule has 1 aliphatic carbocycles. The molecule has 2 aliphatic heterocycles. The normalized spacial score (nSPS) is 28.6. The lowest BCUT2D eigenvalue weighted by Crippen LogP contribution is -2.53. The Labute approximate surface area is 227 Å². The molecule has 220 valence electrons. The van der Waals surface area contributed by atoms with Crippen molar-refractivity contribution in [2.45, 2.75) is 92.0 Å². The molecule has 5 atom stereocenters. The van der Waals surface area contributed by atoms with Gasteiger partial charge in [0.2, 0.25) is 0 Å². The van der Waals surface area contributed by atoms with Crippen LogP contribution in [0.2, 0.25) is 0 Å². The molecule has 0 bridgehead atoms. The summed E-state index contributed by atoms with van der Waals surface area (Å²) in [5, 5.41) is 4.26. The summed E-state index contributed by atoms with van der Waals surface area (Å²) in [4.78, 5) is 5.44. The smallest absolute Gasteiger partial charge is 0.0516 e. The van der Waals surface area contributed by atoms with E-state index < -0.39 is 0 Å². The number of rotatable bonds is 10. The quantitative estimate of drug-likeness (QED) is 0.336. The Kier molecular flexibility index (Phi) is 21.1. The van der Waals surface area contributed by atoms with E-state index in [1.165, 1.54) is 77.9 Å². The predicted molar refractivity (Wildman–Crippen MR) is 157 cm³/mol. The van der Waals surface area contributed by atoms with Gasteiger partial charge in [-0.15, -0.1) is 11.6 Å². The lowest BCUT2D eigenvalue weighted by Gasteiger charge is -2.48. The molecule has 2 fully saturated rings. The van der Waals surface area contributed by atoms with Crippen LogP contribution < -0.4 is 5.32 Å². The van der Waals surface area contributed by atoms with Crippen molar-refractivity contribution in [3.05, 3.63) is 12.2 Å². The first kappa shape index (κ1) is 40.2. The molecule has 2 heterocycles. The van der Waals surface area contributed by atoms with Crippen LogP contribution in [-0.4, -0.2) is 88.9 Å². The zero-order chi connectivity index (χ0) is 22.4. The maximum atomic E-state index is 6.30. The van der Waals surface area contributed by atoms with E-state index in [2.05, 4.69) is 61.9 Å². The third-order valence-corrected chi connectivity index (χ3v) is 8.74. The zero-order valence-corrected chi connectivity index (χ0v) is 23.8. The van der Waals surface area contributed by atoms with Gasteiger partial charge in [0.25, 0.3) is 0 Å². The Morgan fingerprint density at radius 1 is 0.972 bits per heavy atom. The molecule has 36 heavy (non-hydrogen) atoms. The molecule has 2 saturated heterocycles. The standard InChI is InChI=1S/C27H50ClN3.CH4.4H2O/c1-6-7-14-30-15-12-22(18-30)17-29-26(21(2)3)19-31-16-13-25(27(4,5)20-31)23-8-10-24(28)11-9-23;;;;;/h8,10,21-26,29H,6-7,9,11-20H2,1-5H3;1H4;4*1H2/t22-,23?,24?,25+,26-;;;;;/m0...../s1. The van der Waals surface area contributed by atoms with Gasteiger partial charge in [0.05, 0.1) is 5.38 Å². The van der Waals surface area contributed by atoms with Gasteiger partial charge in [-0.05, 0) is 87.4 Å². The van der Waals surface area contributed by atoms with Gasteiger partial charge < -0.3 is 37.0 Å². The highest BCUT2D eigenvalue weighted by Crippen LogP contribution is 2.43. The number of allylic oxidation sites excluding steroid dienone is 2. The minimum atomic E-state index is 0. The molecule has 0 saturated carbocycles. The number of alkyl halides is 1. The summed E-state index contributed by atoms with van der Waals surface area (Å²) in [6.07, 6.45) is 12.5. The van der Waals surface area contributed by atoms with Crippen LogP contribution in [-0.2, 0) is 0 Å². The molecule has 2 unspecified atom stereocenters. The molecule has 9 N–H and O–H groups in total. The van der Waals surface area contributed by atoms with E-state index in [1.54, 1.807) is 0 Å². The van der Waals surface area contributed by atoms with Crippen LogP contribution in [0.1, 0.15) is 80.6 Å². The maximum absolute atomic E-state index is 6.30. The summed E-state index contributed by atoms with van der Waals surface area (Å²) in [6.45, 7) is 20.9. The van der Waals surface area contributed by atoms with Crippen molar-refractivity contribution < 1.29 is 21.9 Å². The van der Waals surface area contributed by atoms with Crippen molar-refractivity contribution in [1.82, 2.24) is 15.1 Å². The highest BCUT2D eigenvalue weighted by atomic mass is 35.5. The molecule has 0 radical (unpaired) electrons. The molecule has 3 rings (SSSR count). The number of nitrogens with one attached hydrogen (secondary N) is 1. The number of halogens is 1. The Morgan fingerprint density at radius 3 is 2.19 bits per heavy atom. The van der Waals surface area contributed by atoms with E-state index in [0.717, 1.165) is 24.2 Å². The van der Waals surface area contributed by atoms with Crippen LogP contribution in [0.4, 0.5) is 0 Å². The van der Waals surface area contributed by atoms with Gasteiger partial charge >= 0.3 is 0 Å². The number of nitrogens with zero attached hydrogens (tertiary/aromatic N) is 2. The molecular formula is C28H62ClN3O4. The predicted octanol–water partition coefficient (Wildman–Crippen LogP) is 2.98. The van der Waals surface area contributed by atoms with Crippen LogP contribution >= 0.6 is 11.6 Å². The number of unbranched alkanes of at least 4 members (excludes halogenated alkanes) is 1. The molecule has 3 aliphatic rings. The SMILES string of the molecule is C.CCCCN1CC[C@@H](CN[C@@H](CN2CC[C@H](C3C=CC(Cl)CC3)C(C)(C)C2)C(C)C)C1.O.O.O.O. The second-order valence-electron chi connectivity index (χ2n) is 11.8. The van der Waals surface area contributed by atoms with Crippen LogP contribution in [0, 0.1) is 29.1 Å².